The van der Waals surface area contributed by atoms with Crippen LogP contribution in [-0.4, -0.2) is 5.97 Å². The number of carbonyl (C=O) groups excluding carboxylic acids is 1. The Hall–Kier alpha value is -2.00. The van der Waals surface area contributed by atoms with Gasteiger partial charge in [-0.1, -0.05) is 35.9 Å². The summed E-state index contributed by atoms with van der Waals surface area (Å²) >= 11 is 5.91. The molecule has 0 aliphatic heterocycles. The molecule has 4 heteroatoms. The van der Waals surface area contributed by atoms with Crippen molar-refractivity contribution in [3.05, 3.63) is 63.7 Å². The van der Waals surface area contributed by atoms with Crippen LogP contribution in [0.1, 0.15) is 33.5 Å². The number of benzene rings is 2. The third-order valence-electron chi connectivity index (χ3n) is 3.81. The van der Waals surface area contributed by atoms with E-state index >= 15 is 0 Å². The van der Waals surface area contributed by atoms with Gasteiger partial charge >= 0.3 is 5.97 Å². The first-order chi connectivity index (χ1) is 10.1. The van der Waals surface area contributed by atoms with Crippen molar-refractivity contribution in [2.24, 2.45) is 0 Å². The Kier molecular flexibility index (Phi) is 3.84. The van der Waals surface area contributed by atoms with E-state index in [2.05, 4.69) is 12.1 Å². The quantitative estimate of drug-likeness (QED) is 0.693. The Morgan fingerprint density at radius 2 is 2.00 bits per heavy atom. The average Bonchev–Trinajstić information content (AvgIpc) is 2.95. The average molecular weight is 302 g/mol. The van der Waals surface area contributed by atoms with Gasteiger partial charge in [-0.05, 0) is 48.1 Å². The predicted octanol–water partition coefficient (Wildman–Crippen LogP) is 3.77. The second-order valence-corrected chi connectivity index (χ2v) is 5.64. The zero-order valence-electron chi connectivity index (χ0n) is 11.6. The SMILES string of the molecule is Nc1c(Cl)cccc1C(=O)OCc1ccc2c(c1)CCC2. The van der Waals surface area contributed by atoms with Crippen LogP contribution < -0.4 is 5.73 Å². The van der Waals surface area contributed by atoms with Crippen LogP contribution in [0.3, 0.4) is 0 Å². The number of fused-ring (bicyclic) bond motifs is 1. The van der Waals surface area contributed by atoms with Gasteiger partial charge in [-0.2, -0.15) is 0 Å². The maximum absolute atomic E-state index is 12.1. The topological polar surface area (TPSA) is 52.3 Å². The van der Waals surface area contributed by atoms with Crippen molar-refractivity contribution in [3.63, 3.8) is 0 Å². The lowest BCUT2D eigenvalue weighted by molar-refractivity contribution is 0.0474. The van der Waals surface area contributed by atoms with Gasteiger partial charge in [0.05, 0.1) is 16.3 Å². The van der Waals surface area contributed by atoms with Crippen LogP contribution in [0.4, 0.5) is 5.69 Å². The van der Waals surface area contributed by atoms with Crippen LogP contribution in [-0.2, 0) is 24.2 Å². The molecule has 0 unspecified atom stereocenters. The van der Waals surface area contributed by atoms with E-state index in [-0.39, 0.29) is 12.3 Å². The molecule has 1 aliphatic carbocycles. The molecule has 1 aliphatic rings. The minimum atomic E-state index is -0.449. The van der Waals surface area contributed by atoms with Gasteiger partial charge in [-0.15, -0.1) is 0 Å². The van der Waals surface area contributed by atoms with Crippen LogP contribution in [0.2, 0.25) is 5.02 Å². The van der Waals surface area contributed by atoms with Crippen molar-refractivity contribution in [2.75, 3.05) is 5.73 Å². The van der Waals surface area contributed by atoms with Gasteiger partial charge in [-0.3, -0.25) is 0 Å². The minimum absolute atomic E-state index is 0.248. The highest BCUT2D eigenvalue weighted by molar-refractivity contribution is 6.33. The van der Waals surface area contributed by atoms with Crippen LogP contribution in [0, 0.1) is 0 Å². The van der Waals surface area contributed by atoms with Crippen molar-refractivity contribution >= 4 is 23.3 Å². The smallest absolute Gasteiger partial charge is 0.340 e. The highest BCUT2D eigenvalue weighted by Gasteiger charge is 2.14. The molecule has 0 radical (unpaired) electrons. The number of nitrogens with two attached hydrogens (primary N) is 1. The number of para-hydroxylation sites is 1. The van der Waals surface area contributed by atoms with Crippen molar-refractivity contribution in [2.45, 2.75) is 25.9 Å². The fraction of sp³-hybridized carbons (Fsp3) is 0.235. The summed E-state index contributed by atoms with van der Waals surface area (Å²) in [5.41, 5.74) is 10.1. The Morgan fingerprint density at radius 3 is 2.86 bits per heavy atom. The molecule has 0 amide bonds. The fourth-order valence-electron chi connectivity index (χ4n) is 2.66. The molecule has 21 heavy (non-hydrogen) atoms. The molecule has 0 heterocycles. The van der Waals surface area contributed by atoms with Crippen molar-refractivity contribution in [1.82, 2.24) is 0 Å². The number of anilines is 1. The molecule has 2 aromatic carbocycles. The molecule has 3 nitrogen and oxygen atoms in total. The van der Waals surface area contributed by atoms with E-state index in [0.717, 1.165) is 18.4 Å². The molecule has 0 atom stereocenters. The van der Waals surface area contributed by atoms with Crippen molar-refractivity contribution < 1.29 is 9.53 Å². The van der Waals surface area contributed by atoms with Gasteiger partial charge in [0.15, 0.2) is 0 Å². The Bertz CT molecular complexity index is 697. The number of rotatable bonds is 3. The first-order valence-electron chi connectivity index (χ1n) is 6.97. The molecule has 0 saturated heterocycles. The van der Waals surface area contributed by atoms with Crippen LogP contribution >= 0.6 is 11.6 Å². The first-order valence-corrected chi connectivity index (χ1v) is 7.35. The van der Waals surface area contributed by atoms with Gasteiger partial charge < -0.3 is 10.5 Å². The number of nitrogen functional groups attached to an aromatic ring is 1. The summed E-state index contributed by atoms with van der Waals surface area (Å²) in [5.74, 6) is -0.449. The maximum atomic E-state index is 12.1. The minimum Gasteiger partial charge on any atom is -0.457 e. The lowest BCUT2D eigenvalue weighted by Gasteiger charge is -2.09. The zero-order valence-corrected chi connectivity index (χ0v) is 12.3. The summed E-state index contributed by atoms with van der Waals surface area (Å²) < 4.78 is 5.33. The van der Waals surface area contributed by atoms with Crippen molar-refractivity contribution in [3.8, 4) is 0 Å². The normalized spacial score (nSPS) is 13.0. The van der Waals surface area contributed by atoms with E-state index in [0.29, 0.717) is 10.6 Å². The van der Waals surface area contributed by atoms with Crippen molar-refractivity contribution in [1.29, 1.82) is 0 Å². The van der Waals surface area contributed by atoms with Crippen LogP contribution in [0.25, 0.3) is 0 Å². The monoisotopic (exact) mass is 301 g/mol. The molecule has 0 aromatic heterocycles. The zero-order chi connectivity index (χ0) is 14.8. The summed E-state index contributed by atoms with van der Waals surface area (Å²) in [5, 5.41) is 0.363. The number of ether oxygens (including phenoxy) is 1. The molecule has 2 aromatic rings. The molecule has 108 valence electrons. The standard InChI is InChI=1S/C17H16ClNO2/c18-15-6-2-5-14(16(15)19)17(20)21-10-11-7-8-12-3-1-4-13(12)9-11/h2,5-9H,1,3-4,10,19H2. The molecule has 2 N–H and O–H groups in total. The summed E-state index contributed by atoms with van der Waals surface area (Å²) in [6.45, 7) is 0.248. The van der Waals surface area contributed by atoms with Gasteiger partial charge in [0.25, 0.3) is 0 Å². The molecule has 0 bridgehead atoms. The fourth-order valence-corrected chi connectivity index (χ4v) is 2.83. The highest BCUT2D eigenvalue weighted by atomic mass is 35.5. The van der Waals surface area contributed by atoms with E-state index in [9.17, 15) is 4.79 Å². The van der Waals surface area contributed by atoms with E-state index in [1.165, 1.54) is 17.5 Å². The summed E-state index contributed by atoms with van der Waals surface area (Å²) in [7, 11) is 0. The molecular formula is C17H16ClNO2. The molecule has 0 spiro atoms. The number of hydrogen-bond donors (Lipinski definition) is 1. The Morgan fingerprint density at radius 1 is 1.19 bits per heavy atom. The lowest BCUT2D eigenvalue weighted by Crippen LogP contribution is -2.08. The third-order valence-corrected chi connectivity index (χ3v) is 4.14. The largest absolute Gasteiger partial charge is 0.457 e. The maximum Gasteiger partial charge on any atom is 0.340 e. The highest BCUT2D eigenvalue weighted by Crippen LogP contribution is 2.25. The number of carbonyl (C=O) groups is 1. The number of esters is 1. The van der Waals surface area contributed by atoms with Crippen LogP contribution in [0.15, 0.2) is 36.4 Å². The molecular weight excluding hydrogens is 286 g/mol. The van der Waals surface area contributed by atoms with E-state index in [1.807, 2.05) is 6.07 Å². The molecule has 3 rings (SSSR count). The van der Waals surface area contributed by atoms with Crippen LogP contribution in [0.5, 0.6) is 0 Å². The van der Waals surface area contributed by atoms with Gasteiger partial charge in [-0.25, -0.2) is 4.79 Å². The molecule has 0 fully saturated rings. The lowest BCUT2D eigenvalue weighted by atomic mass is 10.1. The third kappa shape index (κ3) is 2.88. The van der Waals surface area contributed by atoms with Gasteiger partial charge in [0.1, 0.15) is 6.61 Å². The second kappa shape index (κ2) is 5.78. The predicted molar refractivity (Wildman–Crippen MR) is 83.5 cm³/mol. The number of halogens is 1. The van der Waals surface area contributed by atoms with E-state index in [4.69, 9.17) is 22.1 Å². The summed E-state index contributed by atoms with van der Waals surface area (Å²) in [4.78, 5) is 12.1. The summed E-state index contributed by atoms with van der Waals surface area (Å²) in [6.07, 6.45) is 3.46. The molecule has 0 saturated carbocycles. The summed E-state index contributed by atoms with van der Waals surface area (Å²) in [6, 6.07) is 11.2. The number of aryl methyl sites for hydroxylation is 2. The van der Waals surface area contributed by atoms with Gasteiger partial charge in [0.2, 0.25) is 0 Å². The Balaban J connectivity index is 1.70. The van der Waals surface area contributed by atoms with E-state index in [1.54, 1.807) is 18.2 Å². The Labute approximate surface area is 128 Å². The van der Waals surface area contributed by atoms with Gasteiger partial charge in [0, 0.05) is 0 Å². The first kappa shape index (κ1) is 14.0. The number of hydrogen-bond acceptors (Lipinski definition) is 3. The van der Waals surface area contributed by atoms with E-state index < -0.39 is 5.97 Å². The second-order valence-electron chi connectivity index (χ2n) is 5.23.